The second kappa shape index (κ2) is 4.48. The van der Waals surface area contributed by atoms with Gasteiger partial charge in [0.05, 0.1) is 0 Å². The summed E-state index contributed by atoms with van der Waals surface area (Å²) in [5, 5.41) is 4.18. The Morgan fingerprint density at radius 2 is 2.06 bits per heavy atom. The number of rotatable bonds is 2. The highest BCUT2D eigenvalue weighted by molar-refractivity contribution is 5.95. The molecule has 0 saturated heterocycles. The van der Waals surface area contributed by atoms with Gasteiger partial charge in [0.2, 0.25) is 5.91 Å². The second-order valence-corrected chi connectivity index (χ2v) is 5.23. The van der Waals surface area contributed by atoms with Crippen LogP contribution in [0.25, 0.3) is 10.9 Å². The summed E-state index contributed by atoms with van der Waals surface area (Å²) >= 11 is 0. The molecule has 0 aliphatic heterocycles. The average molecular weight is 242 g/mol. The highest BCUT2D eigenvalue weighted by Gasteiger charge is 2.22. The van der Waals surface area contributed by atoms with Crippen molar-refractivity contribution in [3.05, 3.63) is 30.0 Å². The van der Waals surface area contributed by atoms with E-state index in [9.17, 15) is 4.79 Å². The van der Waals surface area contributed by atoms with Crippen LogP contribution in [-0.2, 0) is 4.79 Å². The van der Waals surface area contributed by atoms with Crippen LogP contribution in [0.3, 0.4) is 0 Å². The lowest BCUT2D eigenvalue weighted by Gasteiger charge is -2.10. The zero-order valence-corrected chi connectivity index (χ0v) is 10.6. The summed E-state index contributed by atoms with van der Waals surface area (Å²) in [6.45, 7) is 2.04. The van der Waals surface area contributed by atoms with Crippen molar-refractivity contribution in [2.45, 2.75) is 32.6 Å². The minimum atomic E-state index is 0.180. The molecule has 3 rings (SSSR count). The first-order chi connectivity index (χ1) is 8.72. The van der Waals surface area contributed by atoms with Crippen LogP contribution in [0.5, 0.6) is 0 Å². The van der Waals surface area contributed by atoms with E-state index in [4.69, 9.17) is 0 Å². The Kier molecular flexibility index (Phi) is 2.82. The molecule has 2 N–H and O–H groups in total. The Morgan fingerprint density at radius 3 is 2.83 bits per heavy atom. The van der Waals surface area contributed by atoms with Gasteiger partial charge in [0.15, 0.2) is 0 Å². The SMILES string of the molecule is Cc1cc2cc(NC(=O)C3CCCC3)ccc2[nH]1. The lowest BCUT2D eigenvalue weighted by Crippen LogP contribution is -2.20. The number of anilines is 1. The predicted octanol–water partition coefficient (Wildman–Crippen LogP) is 3.61. The Hall–Kier alpha value is -1.77. The van der Waals surface area contributed by atoms with E-state index in [1.54, 1.807) is 0 Å². The molecule has 1 fully saturated rings. The number of amides is 1. The fourth-order valence-electron chi connectivity index (χ4n) is 2.79. The van der Waals surface area contributed by atoms with Crippen LogP contribution in [0.2, 0.25) is 0 Å². The molecule has 0 unspecified atom stereocenters. The Balaban J connectivity index is 1.79. The lowest BCUT2D eigenvalue weighted by atomic mass is 10.1. The van der Waals surface area contributed by atoms with Crippen molar-refractivity contribution in [1.82, 2.24) is 4.98 Å². The summed E-state index contributed by atoms with van der Waals surface area (Å²) < 4.78 is 0. The third-order valence-electron chi connectivity index (χ3n) is 3.75. The van der Waals surface area contributed by atoms with Gasteiger partial charge in [0, 0.05) is 28.2 Å². The topological polar surface area (TPSA) is 44.9 Å². The van der Waals surface area contributed by atoms with Gasteiger partial charge in [-0.1, -0.05) is 12.8 Å². The molecule has 1 aliphatic carbocycles. The number of H-pyrrole nitrogens is 1. The largest absolute Gasteiger partial charge is 0.359 e. The number of aromatic amines is 1. The maximum atomic E-state index is 12.0. The number of hydrogen-bond acceptors (Lipinski definition) is 1. The van der Waals surface area contributed by atoms with Gasteiger partial charge in [-0.3, -0.25) is 4.79 Å². The summed E-state index contributed by atoms with van der Waals surface area (Å²) in [4.78, 5) is 15.3. The maximum Gasteiger partial charge on any atom is 0.227 e. The van der Waals surface area contributed by atoms with Crippen molar-refractivity contribution >= 4 is 22.5 Å². The van der Waals surface area contributed by atoms with Gasteiger partial charge in [0.25, 0.3) is 0 Å². The molecule has 3 nitrogen and oxygen atoms in total. The highest BCUT2D eigenvalue weighted by atomic mass is 16.1. The molecule has 18 heavy (non-hydrogen) atoms. The summed E-state index contributed by atoms with van der Waals surface area (Å²) in [5.41, 5.74) is 3.16. The maximum absolute atomic E-state index is 12.0. The molecule has 1 aliphatic rings. The molecule has 0 bridgehead atoms. The van der Waals surface area contributed by atoms with E-state index in [1.165, 1.54) is 12.8 Å². The number of carbonyl (C=O) groups excluding carboxylic acids is 1. The van der Waals surface area contributed by atoms with Crippen molar-refractivity contribution in [2.75, 3.05) is 5.32 Å². The van der Waals surface area contributed by atoms with Gasteiger partial charge in [0.1, 0.15) is 0 Å². The zero-order chi connectivity index (χ0) is 12.5. The van der Waals surface area contributed by atoms with E-state index >= 15 is 0 Å². The summed E-state index contributed by atoms with van der Waals surface area (Å²) in [6, 6.07) is 8.12. The van der Waals surface area contributed by atoms with E-state index in [-0.39, 0.29) is 11.8 Å². The number of fused-ring (bicyclic) bond motifs is 1. The monoisotopic (exact) mass is 242 g/mol. The molecule has 94 valence electrons. The van der Waals surface area contributed by atoms with Gasteiger partial charge >= 0.3 is 0 Å². The van der Waals surface area contributed by atoms with E-state index in [0.29, 0.717) is 0 Å². The van der Waals surface area contributed by atoms with Gasteiger partial charge in [-0.25, -0.2) is 0 Å². The fourth-order valence-corrected chi connectivity index (χ4v) is 2.79. The van der Waals surface area contributed by atoms with Crippen molar-refractivity contribution in [1.29, 1.82) is 0 Å². The first-order valence-electron chi connectivity index (χ1n) is 6.62. The van der Waals surface area contributed by atoms with Crippen LogP contribution in [0.4, 0.5) is 5.69 Å². The van der Waals surface area contributed by atoms with Crippen LogP contribution < -0.4 is 5.32 Å². The van der Waals surface area contributed by atoms with Crippen molar-refractivity contribution < 1.29 is 4.79 Å². The van der Waals surface area contributed by atoms with Crippen LogP contribution in [0, 0.1) is 12.8 Å². The minimum absolute atomic E-state index is 0.180. The van der Waals surface area contributed by atoms with Crippen molar-refractivity contribution in [3.63, 3.8) is 0 Å². The van der Waals surface area contributed by atoms with E-state index in [1.807, 2.05) is 25.1 Å². The molecular formula is C15H18N2O. The first-order valence-corrected chi connectivity index (χ1v) is 6.62. The van der Waals surface area contributed by atoms with E-state index < -0.39 is 0 Å². The van der Waals surface area contributed by atoms with Gasteiger partial charge in [-0.05, 0) is 44.0 Å². The van der Waals surface area contributed by atoms with Gasteiger partial charge < -0.3 is 10.3 Å². The number of carbonyl (C=O) groups is 1. The third-order valence-corrected chi connectivity index (χ3v) is 3.75. The summed E-state index contributed by atoms with van der Waals surface area (Å²) in [6.07, 6.45) is 4.46. The normalized spacial score (nSPS) is 16.3. The summed E-state index contributed by atoms with van der Waals surface area (Å²) in [5.74, 6) is 0.396. The van der Waals surface area contributed by atoms with Gasteiger partial charge in [-0.2, -0.15) is 0 Å². The summed E-state index contributed by atoms with van der Waals surface area (Å²) in [7, 11) is 0. The molecule has 0 radical (unpaired) electrons. The molecule has 1 aromatic carbocycles. The minimum Gasteiger partial charge on any atom is -0.359 e. The molecule has 0 atom stereocenters. The smallest absolute Gasteiger partial charge is 0.227 e. The molecular weight excluding hydrogens is 224 g/mol. The highest BCUT2D eigenvalue weighted by Crippen LogP contribution is 2.27. The van der Waals surface area contributed by atoms with Crippen LogP contribution in [-0.4, -0.2) is 10.9 Å². The number of nitrogens with one attached hydrogen (secondary N) is 2. The molecule has 3 heteroatoms. The Morgan fingerprint density at radius 1 is 1.28 bits per heavy atom. The lowest BCUT2D eigenvalue weighted by molar-refractivity contribution is -0.119. The zero-order valence-electron chi connectivity index (χ0n) is 10.6. The van der Waals surface area contributed by atoms with Crippen LogP contribution in [0.15, 0.2) is 24.3 Å². The van der Waals surface area contributed by atoms with Crippen molar-refractivity contribution in [2.24, 2.45) is 5.92 Å². The number of benzene rings is 1. The molecule has 2 aromatic rings. The average Bonchev–Trinajstić information content (AvgIpc) is 2.95. The standard InChI is InChI=1S/C15H18N2O/c1-10-8-12-9-13(6-7-14(12)16-10)17-15(18)11-4-2-3-5-11/h6-9,11,16H,2-5H2,1H3,(H,17,18). The Labute approximate surface area is 107 Å². The van der Waals surface area contributed by atoms with Gasteiger partial charge in [-0.15, -0.1) is 0 Å². The quantitative estimate of drug-likeness (QED) is 0.830. The first kappa shape index (κ1) is 11.3. The van der Waals surface area contributed by atoms with E-state index in [2.05, 4.69) is 16.4 Å². The second-order valence-electron chi connectivity index (χ2n) is 5.23. The fraction of sp³-hybridized carbons (Fsp3) is 0.400. The molecule has 1 heterocycles. The molecule has 0 spiro atoms. The number of aryl methyl sites for hydroxylation is 1. The number of aromatic nitrogens is 1. The molecule has 1 amide bonds. The molecule has 1 aromatic heterocycles. The number of hydrogen-bond donors (Lipinski definition) is 2. The predicted molar refractivity (Wildman–Crippen MR) is 73.6 cm³/mol. The van der Waals surface area contributed by atoms with Crippen molar-refractivity contribution in [3.8, 4) is 0 Å². The van der Waals surface area contributed by atoms with Crippen LogP contribution >= 0.6 is 0 Å². The Bertz CT molecular complexity index is 579. The third kappa shape index (κ3) is 2.13. The van der Waals surface area contributed by atoms with Crippen LogP contribution in [0.1, 0.15) is 31.4 Å². The van der Waals surface area contributed by atoms with E-state index in [0.717, 1.165) is 35.1 Å². The molecule has 1 saturated carbocycles.